The Morgan fingerprint density at radius 1 is 1.17 bits per heavy atom. The number of esters is 1. The summed E-state index contributed by atoms with van der Waals surface area (Å²) in [6.45, 7) is 0.524. The first-order valence-electron chi connectivity index (χ1n) is 8.11. The molecule has 6 nitrogen and oxygen atoms in total. The summed E-state index contributed by atoms with van der Waals surface area (Å²) < 4.78 is 9.84. The molecule has 6 heteroatoms. The average molecular weight is 336 g/mol. The lowest BCUT2D eigenvalue weighted by atomic mass is 10.1. The van der Waals surface area contributed by atoms with Gasteiger partial charge in [0.05, 0.1) is 20.3 Å². The Morgan fingerprint density at radius 2 is 1.88 bits per heavy atom. The topological polar surface area (TPSA) is 67.9 Å². The van der Waals surface area contributed by atoms with Crippen LogP contribution in [0.15, 0.2) is 24.3 Å². The van der Waals surface area contributed by atoms with E-state index in [2.05, 4.69) is 15.0 Å². The maximum atomic E-state index is 12.0. The molecule has 1 aromatic rings. The molecule has 1 amide bonds. The highest BCUT2D eigenvalue weighted by molar-refractivity contribution is 5.76. The summed E-state index contributed by atoms with van der Waals surface area (Å²) in [6.07, 6.45) is 2.10. The second kappa shape index (κ2) is 10.6. The zero-order valence-corrected chi connectivity index (χ0v) is 15.0. The van der Waals surface area contributed by atoms with Crippen LogP contribution >= 0.6 is 0 Å². The van der Waals surface area contributed by atoms with Crippen molar-refractivity contribution in [1.82, 2.24) is 10.2 Å². The van der Waals surface area contributed by atoms with Gasteiger partial charge in [-0.1, -0.05) is 12.1 Å². The fourth-order valence-electron chi connectivity index (χ4n) is 2.40. The molecular weight excluding hydrogens is 308 g/mol. The predicted molar refractivity (Wildman–Crippen MR) is 92.9 cm³/mol. The van der Waals surface area contributed by atoms with Crippen LogP contribution in [-0.4, -0.2) is 51.6 Å². The first kappa shape index (κ1) is 20.0. The van der Waals surface area contributed by atoms with Gasteiger partial charge < -0.3 is 19.7 Å². The fraction of sp³-hybridized carbons (Fsp3) is 0.556. The van der Waals surface area contributed by atoms with Crippen LogP contribution in [0.3, 0.4) is 0 Å². The average Bonchev–Trinajstić information content (AvgIpc) is 2.58. The molecule has 0 bridgehead atoms. The summed E-state index contributed by atoms with van der Waals surface area (Å²) in [5, 5.41) is 2.96. The number of likely N-dealkylation sites (N-methyl/N-ethyl adjacent to an activating group) is 1. The lowest BCUT2D eigenvalue weighted by Crippen LogP contribution is -2.34. The van der Waals surface area contributed by atoms with E-state index in [1.165, 1.54) is 7.11 Å². The smallest absolute Gasteiger partial charge is 0.305 e. The van der Waals surface area contributed by atoms with Gasteiger partial charge in [0.2, 0.25) is 5.91 Å². The van der Waals surface area contributed by atoms with Gasteiger partial charge in [-0.3, -0.25) is 9.59 Å². The van der Waals surface area contributed by atoms with E-state index in [1.54, 1.807) is 7.11 Å². The standard InChI is InChI=1S/C18H28N2O4/c1-20(2)16(14-8-7-9-15(12-14)23-3)13-19-17(21)10-5-6-11-18(22)24-4/h7-9,12,16H,5-6,10-11,13H2,1-4H3,(H,19,21). The van der Waals surface area contributed by atoms with Crippen molar-refractivity contribution in [3.8, 4) is 5.75 Å². The van der Waals surface area contributed by atoms with E-state index in [4.69, 9.17) is 4.74 Å². The number of carbonyl (C=O) groups is 2. The van der Waals surface area contributed by atoms with E-state index in [0.717, 1.165) is 11.3 Å². The lowest BCUT2D eigenvalue weighted by Gasteiger charge is -2.25. The second-order valence-corrected chi connectivity index (χ2v) is 5.84. The third kappa shape index (κ3) is 7.00. The molecule has 0 radical (unpaired) electrons. The van der Waals surface area contributed by atoms with Crippen molar-refractivity contribution in [2.24, 2.45) is 0 Å². The Labute approximate surface area is 144 Å². The van der Waals surface area contributed by atoms with Crippen molar-refractivity contribution in [3.05, 3.63) is 29.8 Å². The Kier molecular flexibility index (Phi) is 8.86. The molecule has 0 aliphatic carbocycles. The number of unbranched alkanes of at least 4 members (excludes halogenated alkanes) is 1. The van der Waals surface area contributed by atoms with Crippen LogP contribution in [0.1, 0.15) is 37.3 Å². The third-order valence-electron chi connectivity index (χ3n) is 3.86. The van der Waals surface area contributed by atoms with Crippen molar-refractivity contribution in [3.63, 3.8) is 0 Å². The number of nitrogens with zero attached hydrogens (tertiary/aromatic N) is 1. The molecule has 0 fully saturated rings. The Hall–Kier alpha value is -2.08. The fourth-order valence-corrected chi connectivity index (χ4v) is 2.40. The van der Waals surface area contributed by atoms with Crippen LogP contribution in [0.2, 0.25) is 0 Å². The van der Waals surface area contributed by atoms with E-state index < -0.39 is 0 Å². The molecule has 0 aliphatic heterocycles. The highest BCUT2D eigenvalue weighted by Gasteiger charge is 2.16. The van der Waals surface area contributed by atoms with Gasteiger partial charge in [-0.15, -0.1) is 0 Å². The van der Waals surface area contributed by atoms with Gasteiger partial charge in [-0.05, 0) is 44.6 Å². The van der Waals surface area contributed by atoms with E-state index >= 15 is 0 Å². The molecule has 134 valence electrons. The van der Waals surface area contributed by atoms with Gasteiger partial charge in [-0.25, -0.2) is 0 Å². The molecule has 24 heavy (non-hydrogen) atoms. The molecule has 0 aromatic heterocycles. The van der Waals surface area contributed by atoms with E-state index in [1.807, 2.05) is 38.4 Å². The number of carbonyl (C=O) groups excluding carboxylic acids is 2. The van der Waals surface area contributed by atoms with Gasteiger partial charge in [0.15, 0.2) is 0 Å². The van der Waals surface area contributed by atoms with Crippen LogP contribution in [0, 0.1) is 0 Å². The molecule has 1 N–H and O–H groups in total. The van der Waals surface area contributed by atoms with Crippen LogP contribution < -0.4 is 10.1 Å². The summed E-state index contributed by atoms with van der Waals surface area (Å²) in [6, 6.07) is 7.91. The first-order valence-corrected chi connectivity index (χ1v) is 8.11. The number of benzene rings is 1. The molecule has 0 saturated heterocycles. The second-order valence-electron chi connectivity index (χ2n) is 5.84. The van der Waals surface area contributed by atoms with Gasteiger partial charge in [-0.2, -0.15) is 0 Å². The largest absolute Gasteiger partial charge is 0.497 e. The minimum atomic E-state index is -0.235. The normalized spacial score (nSPS) is 11.9. The lowest BCUT2D eigenvalue weighted by molar-refractivity contribution is -0.140. The summed E-state index contributed by atoms with van der Waals surface area (Å²) in [5.41, 5.74) is 1.09. The molecule has 0 saturated carbocycles. The zero-order chi connectivity index (χ0) is 17.9. The quantitative estimate of drug-likeness (QED) is 0.524. The van der Waals surface area contributed by atoms with Crippen molar-refractivity contribution in [1.29, 1.82) is 0 Å². The number of nitrogens with one attached hydrogen (secondary N) is 1. The van der Waals surface area contributed by atoms with Crippen LogP contribution in [0.25, 0.3) is 0 Å². The van der Waals surface area contributed by atoms with Crippen molar-refractivity contribution in [2.75, 3.05) is 34.9 Å². The Bertz CT molecular complexity index is 532. The summed E-state index contributed by atoms with van der Waals surface area (Å²) in [7, 11) is 6.97. The molecule has 0 spiro atoms. The number of hydrogen-bond acceptors (Lipinski definition) is 5. The molecular formula is C18H28N2O4. The summed E-state index contributed by atoms with van der Waals surface area (Å²) in [5.74, 6) is 0.559. The minimum absolute atomic E-state index is 0.00499. The van der Waals surface area contributed by atoms with Crippen LogP contribution in [0.4, 0.5) is 0 Å². The van der Waals surface area contributed by atoms with Crippen molar-refractivity contribution >= 4 is 11.9 Å². The molecule has 1 rings (SSSR count). The number of rotatable bonds is 10. The number of ether oxygens (including phenoxy) is 2. The Morgan fingerprint density at radius 3 is 2.50 bits per heavy atom. The molecule has 0 aliphatic rings. The molecule has 1 atom stereocenters. The Balaban J connectivity index is 2.46. The van der Waals surface area contributed by atoms with Gasteiger partial charge >= 0.3 is 5.97 Å². The van der Waals surface area contributed by atoms with E-state index in [0.29, 0.717) is 32.2 Å². The highest BCUT2D eigenvalue weighted by atomic mass is 16.5. The van der Waals surface area contributed by atoms with Crippen LogP contribution in [0.5, 0.6) is 5.75 Å². The maximum absolute atomic E-state index is 12.0. The van der Waals surface area contributed by atoms with Crippen molar-refractivity contribution in [2.45, 2.75) is 31.7 Å². The van der Waals surface area contributed by atoms with Crippen LogP contribution in [-0.2, 0) is 14.3 Å². The van der Waals surface area contributed by atoms with Crippen molar-refractivity contribution < 1.29 is 19.1 Å². The summed E-state index contributed by atoms with van der Waals surface area (Å²) in [4.78, 5) is 25.0. The first-order chi connectivity index (χ1) is 11.5. The number of methoxy groups -OCH3 is 2. The SMILES string of the molecule is COC(=O)CCCCC(=O)NCC(c1cccc(OC)c1)N(C)C. The molecule has 1 unspecified atom stereocenters. The zero-order valence-electron chi connectivity index (χ0n) is 15.0. The number of hydrogen-bond donors (Lipinski definition) is 1. The monoisotopic (exact) mass is 336 g/mol. The molecule has 1 aromatic carbocycles. The maximum Gasteiger partial charge on any atom is 0.305 e. The highest BCUT2D eigenvalue weighted by Crippen LogP contribution is 2.22. The molecule has 0 heterocycles. The van der Waals surface area contributed by atoms with Gasteiger partial charge in [0.1, 0.15) is 5.75 Å². The van der Waals surface area contributed by atoms with E-state index in [-0.39, 0.29) is 17.9 Å². The van der Waals surface area contributed by atoms with Gasteiger partial charge in [0, 0.05) is 19.4 Å². The minimum Gasteiger partial charge on any atom is -0.497 e. The predicted octanol–water partition coefficient (Wildman–Crippen LogP) is 2.15. The number of amides is 1. The van der Waals surface area contributed by atoms with E-state index in [9.17, 15) is 9.59 Å². The summed E-state index contributed by atoms with van der Waals surface area (Å²) >= 11 is 0. The third-order valence-corrected chi connectivity index (χ3v) is 3.86. The van der Waals surface area contributed by atoms with Gasteiger partial charge in [0.25, 0.3) is 0 Å².